The van der Waals surface area contributed by atoms with Crippen molar-refractivity contribution >= 4 is 0 Å². The van der Waals surface area contributed by atoms with Gasteiger partial charge in [-0.05, 0) is 37.1 Å². The van der Waals surface area contributed by atoms with E-state index in [0.29, 0.717) is 5.69 Å². The third-order valence-electron chi connectivity index (χ3n) is 4.29. The molecule has 23 heavy (non-hydrogen) atoms. The summed E-state index contributed by atoms with van der Waals surface area (Å²) in [5.74, 6) is 0. The molecule has 0 radical (unpaired) electrons. The number of halogens is 3. The molecular weight excluding hydrogens is 309 g/mol. The summed E-state index contributed by atoms with van der Waals surface area (Å²) < 4.78 is 38.8. The van der Waals surface area contributed by atoms with E-state index < -0.39 is 29.4 Å². The number of pyridine rings is 2. The van der Waals surface area contributed by atoms with Crippen molar-refractivity contribution in [3.05, 3.63) is 59.7 Å². The molecule has 7 heteroatoms. The van der Waals surface area contributed by atoms with Crippen LogP contribution in [0.25, 0.3) is 0 Å². The SMILES string of the molecule is O[C@H](c1ccccn1)[C@]1(c2cc(C(F)(F)F)ccn2)C[C@H](O)C1. The first-order valence-electron chi connectivity index (χ1n) is 7.14. The molecule has 1 aliphatic carbocycles. The Morgan fingerprint density at radius 3 is 2.43 bits per heavy atom. The van der Waals surface area contributed by atoms with Gasteiger partial charge in [-0.1, -0.05) is 6.07 Å². The zero-order valence-electron chi connectivity index (χ0n) is 12.0. The highest BCUT2D eigenvalue weighted by Gasteiger charge is 2.52. The topological polar surface area (TPSA) is 66.2 Å². The van der Waals surface area contributed by atoms with E-state index in [1.807, 2.05) is 0 Å². The zero-order chi connectivity index (χ0) is 16.7. The maximum absolute atomic E-state index is 12.9. The monoisotopic (exact) mass is 324 g/mol. The number of aliphatic hydroxyl groups is 2. The lowest BCUT2D eigenvalue weighted by molar-refractivity contribution is -0.138. The van der Waals surface area contributed by atoms with Crippen molar-refractivity contribution in [3.63, 3.8) is 0 Å². The third kappa shape index (κ3) is 2.82. The fourth-order valence-electron chi connectivity index (χ4n) is 3.05. The molecule has 1 fully saturated rings. The Balaban J connectivity index is 2.02. The summed E-state index contributed by atoms with van der Waals surface area (Å²) in [6, 6.07) is 6.80. The predicted octanol–water partition coefficient (Wildman–Crippen LogP) is 2.62. The van der Waals surface area contributed by atoms with Crippen LogP contribution in [0.4, 0.5) is 13.2 Å². The molecule has 0 aliphatic heterocycles. The summed E-state index contributed by atoms with van der Waals surface area (Å²) in [4.78, 5) is 8.10. The van der Waals surface area contributed by atoms with E-state index in [0.717, 1.165) is 18.3 Å². The standard InChI is InChI=1S/C16H15F3N2O2/c17-16(18,19)10-4-6-21-13(7-10)15(8-11(22)9-15)14(23)12-3-1-2-5-20-12/h1-7,11,14,22-23H,8-9H2/t11-,14-,15+/m1/s1. The Kier molecular flexibility index (Phi) is 3.85. The lowest BCUT2D eigenvalue weighted by atomic mass is 9.60. The number of aliphatic hydroxyl groups excluding tert-OH is 2. The van der Waals surface area contributed by atoms with Crippen molar-refractivity contribution in [2.24, 2.45) is 0 Å². The minimum atomic E-state index is -4.49. The van der Waals surface area contributed by atoms with Crippen molar-refractivity contribution in [3.8, 4) is 0 Å². The van der Waals surface area contributed by atoms with Crippen molar-refractivity contribution in [1.82, 2.24) is 9.97 Å². The highest BCUT2D eigenvalue weighted by Crippen LogP contribution is 2.51. The summed E-state index contributed by atoms with van der Waals surface area (Å²) >= 11 is 0. The van der Waals surface area contributed by atoms with Gasteiger partial charge in [0.1, 0.15) is 6.10 Å². The molecular formula is C16H15F3N2O2. The fourth-order valence-corrected chi connectivity index (χ4v) is 3.05. The van der Waals surface area contributed by atoms with Gasteiger partial charge in [0, 0.05) is 17.8 Å². The zero-order valence-corrected chi connectivity index (χ0v) is 12.0. The molecule has 3 rings (SSSR count). The van der Waals surface area contributed by atoms with Gasteiger partial charge >= 0.3 is 6.18 Å². The summed E-state index contributed by atoms with van der Waals surface area (Å²) in [6.07, 6.45) is -3.45. The predicted molar refractivity (Wildman–Crippen MR) is 75.4 cm³/mol. The lowest BCUT2D eigenvalue weighted by Crippen LogP contribution is -2.49. The number of rotatable bonds is 3. The van der Waals surface area contributed by atoms with Crippen LogP contribution in [0.2, 0.25) is 0 Å². The highest BCUT2D eigenvalue weighted by molar-refractivity contribution is 5.32. The molecule has 2 aromatic heterocycles. The van der Waals surface area contributed by atoms with Crippen LogP contribution >= 0.6 is 0 Å². The van der Waals surface area contributed by atoms with E-state index in [-0.39, 0.29) is 18.5 Å². The molecule has 0 unspecified atom stereocenters. The molecule has 0 amide bonds. The van der Waals surface area contributed by atoms with Gasteiger partial charge in [0.05, 0.1) is 23.1 Å². The summed E-state index contributed by atoms with van der Waals surface area (Å²) in [6.45, 7) is 0. The number of hydrogen-bond acceptors (Lipinski definition) is 4. The first-order valence-corrected chi connectivity index (χ1v) is 7.14. The Labute approximate surface area is 130 Å². The fraction of sp³-hybridized carbons (Fsp3) is 0.375. The lowest BCUT2D eigenvalue weighted by Gasteiger charge is -2.47. The van der Waals surface area contributed by atoms with Gasteiger partial charge in [0.25, 0.3) is 0 Å². The van der Waals surface area contributed by atoms with Crippen molar-refractivity contribution in [2.75, 3.05) is 0 Å². The molecule has 4 nitrogen and oxygen atoms in total. The number of aromatic nitrogens is 2. The van der Waals surface area contributed by atoms with Gasteiger partial charge in [-0.2, -0.15) is 13.2 Å². The van der Waals surface area contributed by atoms with E-state index in [9.17, 15) is 23.4 Å². The van der Waals surface area contributed by atoms with Gasteiger partial charge < -0.3 is 10.2 Å². The van der Waals surface area contributed by atoms with Crippen LogP contribution in [0.3, 0.4) is 0 Å². The Morgan fingerprint density at radius 2 is 1.87 bits per heavy atom. The van der Waals surface area contributed by atoms with E-state index in [4.69, 9.17) is 0 Å². The summed E-state index contributed by atoms with van der Waals surface area (Å²) in [7, 11) is 0. The van der Waals surface area contributed by atoms with Crippen LogP contribution in [-0.4, -0.2) is 26.3 Å². The van der Waals surface area contributed by atoms with Gasteiger partial charge in [-0.3, -0.25) is 9.97 Å². The molecule has 0 bridgehead atoms. The van der Waals surface area contributed by atoms with E-state index >= 15 is 0 Å². The molecule has 122 valence electrons. The Bertz CT molecular complexity index is 685. The van der Waals surface area contributed by atoms with Gasteiger partial charge in [-0.25, -0.2) is 0 Å². The van der Waals surface area contributed by atoms with Crippen molar-refractivity contribution < 1.29 is 23.4 Å². The second kappa shape index (κ2) is 5.58. The average molecular weight is 324 g/mol. The van der Waals surface area contributed by atoms with Gasteiger partial charge in [0.15, 0.2) is 0 Å². The number of hydrogen-bond donors (Lipinski definition) is 2. The summed E-state index contributed by atoms with van der Waals surface area (Å²) in [5, 5.41) is 20.3. The molecule has 2 aromatic rings. The normalized spacial score (nSPS) is 25.7. The van der Waals surface area contributed by atoms with Crippen LogP contribution in [0.1, 0.15) is 35.9 Å². The molecule has 2 N–H and O–H groups in total. The quantitative estimate of drug-likeness (QED) is 0.911. The molecule has 0 aromatic carbocycles. The molecule has 0 saturated heterocycles. The van der Waals surface area contributed by atoms with Crippen molar-refractivity contribution in [2.45, 2.75) is 36.6 Å². The molecule has 2 heterocycles. The summed E-state index contributed by atoms with van der Waals surface area (Å²) in [5.41, 5.74) is -1.42. The van der Waals surface area contributed by atoms with Gasteiger partial charge in [0.2, 0.25) is 0 Å². The molecule has 0 spiro atoms. The van der Waals surface area contributed by atoms with Crippen LogP contribution in [0.15, 0.2) is 42.7 Å². The van der Waals surface area contributed by atoms with Crippen LogP contribution in [-0.2, 0) is 11.6 Å². The first kappa shape index (κ1) is 15.9. The molecule has 1 saturated carbocycles. The minimum absolute atomic E-state index is 0.121. The largest absolute Gasteiger partial charge is 0.416 e. The smallest absolute Gasteiger partial charge is 0.393 e. The van der Waals surface area contributed by atoms with Crippen LogP contribution in [0, 0.1) is 0 Å². The maximum Gasteiger partial charge on any atom is 0.416 e. The van der Waals surface area contributed by atoms with Crippen LogP contribution < -0.4 is 0 Å². The van der Waals surface area contributed by atoms with Crippen LogP contribution in [0.5, 0.6) is 0 Å². The van der Waals surface area contributed by atoms with E-state index in [2.05, 4.69) is 9.97 Å². The Morgan fingerprint density at radius 1 is 1.13 bits per heavy atom. The maximum atomic E-state index is 12.9. The second-order valence-electron chi connectivity index (χ2n) is 5.80. The highest BCUT2D eigenvalue weighted by atomic mass is 19.4. The third-order valence-corrected chi connectivity index (χ3v) is 4.29. The second-order valence-corrected chi connectivity index (χ2v) is 5.80. The van der Waals surface area contributed by atoms with Crippen molar-refractivity contribution in [1.29, 1.82) is 0 Å². The molecule has 1 aliphatic rings. The average Bonchev–Trinajstić information content (AvgIpc) is 2.51. The van der Waals surface area contributed by atoms with E-state index in [1.165, 1.54) is 6.20 Å². The first-order chi connectivity index (χ1) is 10.8. The van der Waals surface area contributed by atoms with E-state index in [1.54, 1.807) is 18.2 Å². The number of nitrogens with zero attached hydrogens (tertiary/aromatic N) is 2. The van der Waals surface area contributed by atoms with Gasteiger partial charge in [-0.15, -0.1) is 0 Å². The number of alkyl halides is 3. The molecule has 1 atom stereocenters. The Hall–Kier alpha value is -1.99. The minimum Gasteiger partial charge on any atom is -0.393 e.